The molecule has 1 aromatic carbocycles. The lowest BCUT2D eigenvalue weighted by Crippen LogP contribution is -2.36. The summed E-state index contributed by atoms with van der Waals surface area (Å²) in [5.74, 6) is -3.99. The van der Waals surface area contributed by atoms with Gasteiger partial charge in [0.15, 0.2) is 5.78 Å². The van der Waals surface area contributed by atoms with Crippen LogP contribution in [0.3, 0.4) is 0 Å². The van der Waals surface area contributed by atoms with Crippen molar-refractivity contribution in [3.05, 3.63) is 71.2 Å². The standard InChI is InChI=1S/C26H22F2N4O2/c1-17-2-5-19(31-15-17)6-3-18-4-7-23-22(12-18)21(10-11-30-23)24(33)8-9-25(34)32-16-26(27,28)13-20(32)14-29/h2-7,10-12,15,20H,8-9,13,16H2,1H3/b6-3+/t20-/m0/s1. The lowest BCUT2D eigenvalue weighted by molar-refractivity contribution is -0.132. The number of amides is 1. The zero-order chi connectivity index (χ0) is 24.3. The largest absolute Gasteiger partial charge is 0.320 e. The molecule has 0 aliphatic carbocycles. The summed E-state index contributed by atoms with van der Waals surface area (Å²) < 4.78 is 27.3. The molecule has 34 heavy (non-hydrogen) atoms. The van der Waals surface area contributed by atoms with Crippen molar-refractivity contribution in [2.45, 2.75) is 38.2 Å². The van der Waals surface area contributed by atoms with Crippen molar-refractivity contribution in [1.82, 2.24) is 14.9 Å². The van der Waals surface area contributed by atoms with Gasteiger partial charge in [0.1, 0.15) is 6.04 Å². The molecule has 3 aromatic rings. The third kappa shape index (κ3) is 5.15. The van der Waals surface area contributed by atoms with Gasteiger partial charge in [-0.1, -0.05) is 18.2 Å². The van der Waals surface area contributed by atoms with Crippen molar-refractivity contribution in [1.29, 1.82) is 5.26 Å². The molecule has 1 amide bonds. The van der Waals surface area contributed by atoms with Gasteiger partial charge in [-0.15, -0.1) is 0 Å². The van der Waals surface area contributed by atoms with Gasteiger partial charge < -0.3 is 4.90 Å². The minimum atomic E-state index is -3.08. The highest BCUT2D eigenvalue weighted by Gasteiger charge is 2.47. The second kappa shape index (κ2) is 9.48. The zero-order valence-electron chi connectivity index (χ0n) is 18.5. The maximum Gasteiger partial charge on any atom is 0.268 e. The van der Waals surface area contributed by atoms with Crippen molar-refractivity contribution < 1.29 is 18.4 Å². The monoisotopic (exact) mass is 460 g/mol. The number of Topliss-reactive ketones (excluding diaryl/α,β-unsaturated/α-hetero) is 1. The number of aromatic nitrogens is 2. The summed E-state index contributed by atoms with van der Waals surface area (Å²) >= 11 is 0. The number of carbonyl (C=O) groups excluding carboxylic acids is 2. The molecule has 0 radical (unpaired) electrons. The first-order chi connectivity index (χ1) is 16.3. The smallest absolute Gasteiger partial charge is 0.268 e. The second-order valence-corrected chi connectivity index (χ2v) is 8.38. The summed E-state index contributed by atoms with van der Waals surface area (Å²) in [4.78, 5) is 34.9. The van der Waals surface area contributed by atoms with E-state index < -0.39 is 30.8 Å². The molecule has 0 N–H and O–H groups in total. The third-order valence-corrected chi connectivity index (χ3v) is 5.75. The number of hydrogen-bond donors (Lipinski definition) is 0. The molecule has 3 heterocycles. The SMILES string of the molecule is Cc1ccc(/C=C/c2ccc3nccc(C(=O)CCC(=O)N4CC(F)(F)C[C@H]4C#N)c3c2)nc1. The highest BCUT2D eigenvalue weighted by Crippen LogP contribution is 2.32. The molecule has 6 nitrogen and oxygen atoms in total. The van der Waals surface area contributed by atoms with Crippen LogP contribution in [0, 0.1) is 18.3 Å². The fraction of sp³-hybridized carbons (Fsp3) is 0.269. The topological polar surface area (TPSA) is 87.0 Å². The average molecular weight is 460 g/mol. The number of nitrogens with zero attached hydrogens (tertiary/aromatic N) is 4. The van der Waals surface area contributed by atoms with Crippen LogP contribution in [-0.4, -0.2) is 45.1 Å². The van der Waals surface area contributed by atoms with E-state index in [0.717, 1.165) is 21.7 Å². The van der Waals surface area contributed by atoms with E-state index >= 15 is 0 Å². The van der Waals surface area contributed by atoms with Crippen LogP contribution in [0.2, 0.25) is 0 Å². The van der Waals surface area contributed by atoms with Gasteiger partial charge in [-0.25, -0.2) is 8.78 Å². The zero-order valence-corrected chi connectivity index (χ0v) is 18.5. The van der Waals surface area contributed by atoms with Crippen molar-refractivity contribution in [3.8, 4) is 6.07 Å². The molecule has 1 atom stereocenters. The van der Waals surface area contributed by atoms with Crippen molar-refractivity contribution in [3.63, 3.8) is 0 Å². The van der Waals surface area contributed by atoms with Gasteiger partial charge in [0.2, 0.25) is 5.91 Å². The van der Waals surface area contributed by atoms with Crippen LogP contribution < -0.4 is 0 Å². The molecule has 8 heteroatoms. The molecule has 1 aliphatic rings. The maximum atomic E-state index is 13.6. The molecular weight excluding hydrogens is 438 g/mol. The van der Waals surface area contributed by atoms with E-state index in [9.17, 15) is 18.4 Å². The number of hydrogen-bond acceptors (Lipinski definition) is 5. The number of carbonyl (C=O) groups is 2. The first kappa shape index (κ1) is 23.2. The molecule has 1 saturated heterocycles. The Labute approximate surface area is 195 Å². The molecule has 1 fully saturated rings. The first-order valence-corrected chi connectivity index (χ1v) is 10.9. The van der Waals surface area contributed by atoms with Crippen LogP contribution in [0.5, 0.6) is 0 Å². The Kier molecular flexibility index (Phi) is 6.46. The van der Waals surface area contributed by atoms with E-state index in [0.29, 0.717) is 16.5 Å². The number of halogens is 2. The van der Waals surface area contributed by atoms with Gasteiger partial charge in [-0.05, 0) is 48.4 Å². The number of aryl methyl sites for hydroxylation is 1. The van der Waals surface area contributed by atoms with Crippen LogP contribution in [0.15, 0.2) is 48.8 Å². The fourth-order valence-corrected chi connectivity index (χ4v) is 3.96. The molecule has 0 spiro atoms. The summed E-state index contributed by atoms with van der Waals surface area (Å²) in [6.07, 6.45) is 6.00. The van der Waals surface area contributed by atoms with E-state index in [2.05, 4.69) is 9.97 Å². The van der Waals surface area contributed by atoms with Gasteiger partial charge in [0.05, 0.1) is 23.8 Å². The fourth-order valence-electron chi connectivity index (χ4n) is 3.96. The Bertz CT molecular complexity index is 1310. The van der Waals surface area contributed by atoms with E-state index in [4.69, 9.17) is 5.26 Å². The number of pyridine rings is 2. The summed E-state index contributed by atoms with van der Waals surface area (Å²) in [5.41, 5.74) is 3.76. The van der Waals surface area contributed by atoms with E-state index in [1.807, 2.05) is 49.4 Å². The van der Waals surface area contributed by atoms with E-state index in [1.54, 1.807) is 18.3 Å². The maximum absolute atomic E-state index is 13.6. The van der Waals surface area contributed by atoms with Gasteiger partial charge in [0, 0.05) is 42.6 Å². The first-order valence-electron chi connectivity index (χ1n) is 10.9. The van der Waals surface area contributed by atoms with Crippen LogP contribution >= 0.6 is 0 Å². The molecule has 0 unspecified atom stereocenters. The summed E-state index contributed by atoms with van der Waals surface area (Å²) in [5, 5.41) is 9.73. The number of benzene rings is 1. The Hall–Kier alpha value is -3.99. The molecule has 1 aliphatic heterocycles. The van der Waals surface area contributed by atoms with Crippen LogP contribution in [0.1, 0.15) is 46.4 Å². The Morgan fingerprint density at radius 1 is 1.18 bits per heavy atom. The molecule has 2 aromatic heterocycles. The minimum Gasteiger partial charge on any atom is -0.320 e. The number of alkyl halides is 2. The molecule has 0 bridgehead atoms. The van der Waals surface area contributed by atoms with Gasteiger partial charge in [-0.3, -0.25) is 19.6 Å². The Morgan fingerprint density at radius 2 is 2.00 bits per heavy atom. The lowest BCUT2D eigenvalue weighted by atomic mass is 10.00. The van der Waals surface area contributed by atoms with Gasteiger partial charge in [0.25, 0.3) is 5.92 Å². The Morgan fingerprint density at radius 3 is 2.74 bits per heavy atom. The third-order valence-electron chi connectivity index (χ3n) is 5.75. The number of likely N-dealkylation sites (tertiary alicyclic amines) is 1. The van der Waals surface area contributed by atoms with Gasteiger partial charge in [-0.2, -0.15) is 5.26 Å². The average Bonchev–Trinajstić information content (AvgIpc) is 3.16. The second-order valence-electron chi connectivity index (χ2n) is 8.38. The summed E-state index contributed by atoms with van der Waals surface area (Å²) in [7, 11) is 0. The summed E-state index contributed by atoms with van der Waals surface area (Å²) in [6, 6.07) is 11.6. The Balaban J connectivity index is 1.50. The molecule has 0 saturated carbocycles. The van der Waals surface area contributed by atoms with Crippen molar-refractivity contribution >= 4 is 34.7 Å². The normalized spacial score (nSPS) is 17.2. The highest BCUT2D eigenvalue weighted by molar-refractivity contribution is 6.08. The van der Waals surface area contributed by atoms with Crippen LogP contribution in [0.25, 0.3) is 23.1 Å². The minimum absolute atomic E-state index is 0.147. The number of nitriles is 1. The molecule has 4 rings (SSSR count). The van der Waals surface area contributed by atoms with Crippen LogP contribution in [-0.2, 0) is 4.79 Å². The van der Waals surface area contributed by atoms with E-state index in [1.165, 1.54) is 6.20 Å². The molecule has 172 valence electrons. The van der Waals surface area contributed by atoms with Gasteiger partial charge >= 0.3 is 0 Å². The molecular formula is C26H22F2N4O2. The quantitative estimate of drug-likeness (QED) is 0.492. The van der Waals surface area contributed by atoms with E-state index in [-0.39, 0.29) is 18.6 Å². The van der Waals surface area contributed by atoms with Crippen LogP contribution in [0.4, 0.5) is 8.78 Å². The predicted molar refractivity (Wildman–Crippen MR) is 124 cm³/mol. The number of fused-ring (bicyclic) bond motifs is 1. The highest BCUT2D eigenvalue weighted by atomic mass is 19.3. The predicted octanol–water partition coefficient (Wildman–Crippen LogP) is 4.83. The summed E-state index contributed by atoms with van der Waals surface area (Å²) in [6.45, 7) is 1.17. The van der Waals surface area contributed by atoms with Crippen molar-refractivity contribution in [2.24, 2.45) is 0 Å². The lowest BCUT2D eigenvalue weighted by Gasteiger charge is -2.18. The number of ketones is 1. The number of rotatable bonds is 6. The van der Waals surface area contributed by atoms with Crippen molar-refractivity contribution in [2.75, 3.05) is 6.54 Å².